The van der Waals surface area contributed by atoms with Gasteiger partial charge in [0.25, 0.3) is 0 Å². The van der Waals surface area contributed by atoms with Gasteiger partial charge in [-0.2, -0.15) is 13.9 Å². The summed E-state index contributed by atoms with van der Waals surface area (Å²) in [5, 5.41) is 4.06. The number of benzene rings is 1. The van der Waals surface area contributed by atoms with Crippen molar-refractivity contribution in [2.24, 2.45) is 0 Å². The van der Waals surface area contributed by atoms with Gasteiger partial charge in [0.2, 0.25) is 0 Å². The third-order valence-corrected chi connectivity index (χ3v) is 3.49. The number of aromatic nitrogens is 3. The van der Waals surface area contributed by atoms with Crippen LogP contribution in [-0.4, -0.2) is 14.8 Å². The van der Waals surface area contributed by atoms with E-state index in [1.54, 1.807) is 33.8 Å². The first-order valence-corrected chi connectivity index (χ1v) is 7.32. The highest BCUT2D eigenvalue weighted by atomic mass is 31.0. The highest BCUT2D eigenvalue weighted by molar-refractivity contribution is 7.17. The Hall–Kier alpha value is -2.13. The standard InChI is InChI=1S/C16H14F2N3P/c17-16(18,22)15-14(12-6-2-1-3-7-12)11-21(20-15)10-13-8-4-5-9-19-13/h1-9,11H,10,22H2. The van der Waals surface area contributed by atoms with Crippen molar-refractivity contribution in [3.8, 4) is 11.1 Å². The highest BCUT2D eigenvalue weighted by Gasteiger charge is 2.32. The minimum absolute atomic E-state index is 0.250. The lowest BCUT2D eigenvalue weighted by molar-refractivity contribution is 0.0984. The molecule has 0 saturated heterocycles. The first-order valence-electron chi connectivity index (χ1n) is 6.74. The van der Waals surface area contributed by atoms with Crippen molar-refractivity contribution in [2.45, 2.75) is 12.2 Å². The Morgan fingerprint density at radius 1 is 1.05 bits per heavy atom. The molecule has 0 aliphatic heterocycles. The van der Waals surface area contributed by atoms with E-state index in [0.29, 0.717) is 17.7 Å². The number of nitrogens with zero attached hydrogens (tertiary/aromatic N) is 3. The van der Waals surface area contributed by atoms with Crippen LogP contribution < -0.4 is 0 Å². The molecule has 0 spiro atoms. The largest absolute Gasteiger partial charge is 0.302 e. The third kappa shape index (κ3) is 3.20. The fourth-order valence-corrected chi connectivity index (χ4v) is 2.45. The van der Waals surface area contributed by atoms with Gasteiger partial charge in [-0.25, -0.2) is 0 Å². The van der Waals surface area contributed by atoms with E-state index < -0.39 is 5.66 Å². The molecule has 0 aliphatic carbocycles. The summed E-state index contributed by atoms with van der Waals surface area (Å²) in [4.78, 5) is 4.19. The molecule has 0 N–H and O–H groups in total. The van der Waals surface area contributed by atoms with E-state index in [2.05, 4.69) is 10.1 Å². The van der Waals surface area contributed by atoms with Crippen LogP contribution >= 0.6 is 9.24 Å². The van der Waals surface area contributed by atoms with Crippen molar-refractivity contribution in [3.63, 3.8) is 0 Å². The highest BCUT2D eigenvalue weighted by Crippen LogP contribution is 2.39. The second-order valence-corrected chi connectivity index (χ2v) is 5.62. The van der Waals surface area contributed by atoms with E-state index in [-0.39, 0.29) is 5.69 Å². The number of hydrogen-bond donors (Lipinski definition) is 0. The van der Waals surface area contributed by atoms with Crippen molar-refractivity contribution in [1.82, 2.24) is 14.8 Å². The number of pyridine rings is 1. The van der Waals surface area contributed by atoms with Crippen molar-refractivity contribution in [2.75, 3.05) is 0 Å². The van der Waals surface area contributed by atoms with Crippen molar-refractivity contribution in [3.05, 3.63) is 72.3 Å². The van der Waals surface area contributed by atoms with Gasteiger partial charge < -0.3 is 0 Å². The Labute approximate surface area is 129 Å². The molecule has 3 nitrogen and oxygen atoms in total. The monoisotopic (exact) mass is 317 g/mol. The average Bonchev–Trinajstić information content (AvgIpc) is 2.93. The van der Waals surface area contributed by atoms with E-state index in [1.807, 2.05) is 36.4 Å². The third-order valence-electron chi connectivity index (χ3n) is 3.21. The summed E-state index contributed by atoms with van der Waals surface area (Å²) in [6.07, 6.45) is 3.31. The molecule has 1 aromatic carbocycles. The van der Waals surface area contributed by atoms with Gasteiger partial charge in [0, 0.05) is 18.0 Å². The maximum atomic E-state index is 13.8. The van der Waals surface area contributed by atoms with Crippen LogP contribution in [0.1, 0.15) is 11.4 Å². The van der Waals surface area contributed by atoms with E-state index >= 15 is 0 Å². The van der Waals surface area contributed by atoms with Crippen LogP contribution in [0.2, 0.25) is 0 Å². The molecule has 22 heavy (non-hydrogen) atoms. The first-order chi connectivity index (χ1) is 10.5. The van der Waals surface area contributed by atoms with Crippen molar-refractivity contribution >= 4 is 9.24 Å². The van der Waals surface area contributed by atoms with Crippen LogP contribution in [0.15, 0.2) is 60.9 Å². The molecule has 3 aromatic rings. The Kier molecular flexibility index (Phi) is 3.99. The van der Waals surface area contributed by atoms with Crippen LogP contribution in [0.25, 0.3) is 11.1 Å². The van der Waals surface area contributed by atoms with Gasteiger partial charge in [-0.1, -0.05) is 45.6 Å². The molecule has 1 atom stereocenters. The molecular weight excluding hydrogens is 303 g/mol. The number of hydrogen-bond acceptors (Lipinski definition) is 2. The molecule has 2 heterocycles. The molecule has 0 fully saturated rings. The summed E-state index contributed by atoms with van der Waals surface area (Å²) < 4.78 is 29.1. The van der Waals surface area contributed by atoms with Crippen LogP contribution in [0.3, 0.4) is 0 Å². The molecule has 2 aromatic heterocycles. The van der Waals surface area contributed by atoms with E-state index in [0.717, 1.165) is 5.69 Å². The molecule has 0 radical (unpaired) electrons. The smallest absolute Gasteiger partial charge is 0.266 e. The number of halogens is 2. The lowest BCUT2D eigenvalue weighted by atomic mass is 10.1. The average molecular weight is 317 g/mol. The molecule has 112 valence electrons. The molecule has 6 heteroatoms. The number of alkyl halides is 2. The molecule has 0 amide bonds. The maximum absolute atomic E-state index is 13.8. The zero-order valence-electron chi connectivity index (χ0n) is 11.7. The lowest BCUT2D eigenvalue weighted by Gasteiger charge is -2.09. The molecule has 0 saturated carbocycles. The van der Waals surface area contributed by atoms with Gasteiger partial charge in [-0.15, -0.1) is 0 Å². The van der Waals surface area contributed by atoms with Gasteiger partial charge in [-0.05, 0) is 17.7 Å². The second kappa shape index (κ2) is 5.93. The van der Waals surface area contributed by atoms with Crippen LogP contribution in [-0.2, 0) is 12.2 Å². The zero-order chi connectivity index (χ0) is 15.6. The normalized spacial score (nSPS) is 11.6. The zero-order valence-corrected chi connectivity index (χ0v) is 12.8. The Morgan fingerprint density at radius 3 is 2.41 bits per heavy atom. The van der Waals surface area contributed by atoms with Gasteiger partial charge in [-0.3, -0.25) is 9.67 Å². The summed E-state index contributed by atoms with van der Waals surface area (Å²) in [5.74, 6) is 0. The Morgan fingerprint density at radius 2 is 1.77 bits per heavy atom. The second-order valence-electron chi connectivity index (χ2n) is 4.90. The fourth-order valence-electron chi connectivity index (χ4n) is 2.24. The summed E-state index contributed by atoms with van der Waals surface area (Å²) in [6.45, 7) is 0.349. The SMILES string of the molecule is FC(F)(P)c1nn(Cc2ccccn2)cc1-c1ccccc1. The van der Waals surface area contributed by atoms with Gasteiger partial charge in [0.05, 0.1) is 12.2 Å². The number of rotatable bonds is 4. The van der Waals surface area contributed by atoms with Gasteiger partial charge >= 0.3 is 5.66 Å². The van der Waals surface area contributed by atoms with Gasteiger partial charge in [0.15, 0.2) is 0 Å². The molecule has 3 rings (SSSR count). The summed E-state index contributed by atoms with van der Waals surface area (Å²) >= 11 is 0. The van der Waals surface area contributed by atoms with Crippen molar-refractivity contribution in [1.29, 1.82) is 0 Å². The summed E-state index contributed by atoms with van der Waals surface area (Å²) in [5.41, 5.74) is -1.42. The molecule has 1 unspecified atom stereocenters. The predicted octanol–water partition coefficient (Wildman–Crippen LogP) is 3.92. The van der Waals surface area contributed by atoms with E-state index in [9.17, 15) is 8.78 Å². The Balaban J connectivity index is 2.02. The topological polar surface area (TPSA) is 30.7 Å². The minimum atomic E-state index is -3.08. The van der Waals surface area contributed by atoms with Crippen LogP contribution in [0, 0.1) is 0 Å². The Bertz CT molecular complexity index is 752. The summed E-state index contributed by atoms with van der Waals surface area (Å²) in [6, 6.07) is 14.6. The molecule has 0 bridgehead atoms. The van der Waals surface area contributed by atoms with E-state index in [4.69, 9.17) is 0 Å². The van der Waals surface area contributed by atoms with E-state index in [1.165, 1.54) is 4.68 Å². The maximum Gasteiger partial charge on any atom is 0.302 e. The molecule has 0 aliphatic rings. The lowest BCUT2D eigenvalue weighted by Crippen LogP contribution is -2.08. The molecular formula is C16H14F2N3P. The predicted molar refractivity (Wildman–Crippen MR) is 84.6 cm³/mol. The quantitative estimate of drug-likeness (QED) is 0.683. The van der Waals surface area contributed by atoms with Gasteiger partial charge in [0.1, 0.15) is 5.69 Å². The van der Waals surface area contributed by atoms with Crippen molar-refractivity contribution < 1.29 is 8.78 Å². The minimum Gasteiger partial charge on any atom is -0.266 e. The van der Waals surface area contributed by atoms with Crippen LogP contribution in [0.4, 0.5) is 8.78 Å². The fraction of sp³-hybridized carbons (Fsp3) is 0.125. The summed E-state index contributed by atoms with van der Waals surface area (Å²) in [7, 11) is 1.55. The first kappa shape index (κ1) is 14.8. The van der Waals surface area contributed by atoms with Crippen LogP contribution in [0.5, 0.6) is 0 Å².